The van der Waals surface area contributed by atoms with Crippen molar-refractivity contribution in [2.45, 2.75) is 25.4 Å². The summed E-state index contributed by atoms with van der Waals surface area (Å²) in [5.74, 6) is 5.20. The van der Waals surface area contributed by atoms with Crippen molar-refractivity contribution < 1.29 is 19.8 Å². The number of benzene rings is 1. The Bertz CT molecular complexity index is 1260. The molecule has 0 bridgehead atoms. The Morgan fingerprint density at radius 1 is 1.17 bits per heavy atom. The third-order valence-electron chi connectivity index (χ3n) is 5.22. The Balaban J connectivity index is 1.31. The number of thiazole rings is 1. The molecule has 2 N–H and O–H groups in total. The van der Waals surface area contributed by atoms with Crippen molar-refractivity contribution in [1.29, 1.82) is 0 Å². The number of hydrazine groups is 1. The van der Waals surface area contributed by atoms with E-state index in [0.29, 0.717) is 32.4 Å². The van der Waals surface area contributed by atoms with Gasteiger partial charge in [0.15, 0.2) is 0 Å². The van der Waals surface area contributed by atoms with Gasteiger partial charge in [0.2, 0.25) is 0 Å². The number of hydrogen-bond acceptors (Lipinski definition) is 8. The molecule has 180 valence electrons. The molecule has 7 nitrogen and oxygen atoms in total. The van der Waals surface area contributed by atoms with Gasteiger partial charge in [-0.15, -0.1) is 22.7 Å². The van der Waals surface area contributed by atoms with Gasteiger partial charge in [-0.05, 0) is 65.8 Å². The van der Waals surface area contributed by atoms with Crippen LogP contribution in [0.1, 0.15) is 37.8 Å². The van der Waals surface area contributed by atoms with Crippen LogP contribution in [-0.4, -0.2) is 55.6 Å². The van der Waals surface area contributed by atoms with Gasteiger partial charge < -0.3 is 10.2 Å². The van der Waals surface area contributed by atoms with Crippen LogP contribution < -0.4 is 0 Å². The first-order valence-electron chi connectivity index (χ1n) is 10.9. The Labute approximate surface area is 215 Å². The molecule has 4 rings (SSSR count). The van der Waals surface area contributed by atoms with Gasteiger partial charge in [0.1, 0.15) is 10.6 Å². The number of carbonyl (C=O) groups excluding carboxylic acids is 1. The second-order valence-electron chi connectivity index (χ2n) is 7.75. The molecule has 1 unspecified atom stereocenters. The Kier molecular flexibility index (Phi) is 8.60. The lowest BCUT2D eigenvalue weighted by atomic mass is 10.0. The van der Waals surface area contributed by atoms with Gasteiger partial charge in [-0.3, -0.25) is 9.80 Å². The first-order valence-corrected chi connectivity index (χ1v) is 13.5. The van der Waals surface area contributed by atoms with E-state index in [4.69, 9.17) is 5.11 Å². The number of carboxylic acids is 1. The van der Waals surface area contributed by atoms with Crippen LogP contribution >= 0.6 is 34.4 Å². The second-order valence-corrected chi connectivity index (χ2v) is 10.5. The fourth-order valence-electron chi connectivity index (χ4n) is 3.51. The molecule has 1 aromatic carbocycles. The van der Waals surface area contributed by atoms with Gasteiger partial charge in [0.25, 0.3) is 0 Å². The highest BCUT2D eigenvalue weighted by atomic mass is 32.2. The number of amides is 1. The van der Waals surface area contributed by atoms with Crippen LogP contribution in [0.2, 0.25) is 0 Å². The zero-order valence-electron chi connectivity index (χ0n) is 18.7. The van der Waals surface area contributed by atoms with Crippen LogP contribution in [0.5, 0.6) is 0 Å². The van der Waals surface area contributed by atoms with E-state index >= 15 is 0 Å². The molecule has 1 amide bonds. The smallest absolute Gasteiger partial charge is 0.345 e. The minimum absolute atomic E-state index is 0.0941. The zero-order valence-corrected chi connectivity index (χ0v) is 21.1. The first-order chi connectivity index (χ1) is 17.0. The number of carboxylic acid groups (broad SMARTS) is 1. The summed E-state index contributed by atoms with van der Waals surface area (Å²) in [7, 11) is 0. The lowest BCUT2D eigenvalue weighted by Gasteiger charge is -2.36. The summed E-state index contributed by atoms with van der Waals surface area (Å²) < 4.78 is 0. The number of aliphatic hydroxyl groups is 1. The molecule has 2 aromatic heterocycles. The average molecular weight is 526 g/mol. The topological polar surface area (TPSA) is 94.0 Å². The highest BCUT2D eigenvalue weighted by Gasteiger charge is 2.23. The third kappa shape index (κ3) is 7.19. The third-order valence-corrected chi connectivity index (χ3v) is 7.61. The lowest BCUT2D eigenvalue weighted by molar-refractivity contribution is 0.0548. The van der Waals surface area contributed by atoms with Gasteiger partial charge in [-0.25, -0.2) is 14.8 Å². The van der Waals surface area contributed by atoms with Crippen molar-refractivity contribution in [3.8, 4) is 11.8 Å². The van der Waals surface area contributed by atoms with Gasteiger partial charge in [0.05, 0.1) is 11.6 Å². The molecule has 0 aliphatic carbocycles. The van der Waals surface area contributed by atoms with Gasteiger partial charge in [-0.2, -0.15) is 0 Å². The quantitative estimate of drug-likeness (QED) is 0.391. The fraction of sp³-hybridized carbons (Fsp3) is 0.240. The van der Waals surface area contributed by atoms with Crippen LogP contribution in [-0.2, 0) is 12.8 Å². The van der Waals surface area contributed by atoms with Crippen LogP contribution in [0.3, 0.4) is 0 Å². The summed E-state index contributed by atoms with van der Waals surface area (Å²) in [6, 6.07) is 11.2. The maximum atomic E-state index is 12.5. The minimum Gasteiger partial charge on any atom is -0.477 e. The summed E-state index contributed by atoms with van der Waals surface area (Å²) in [4.78, 5) is 28.9. The predicted octanol–water partition coefficient (Wildman–Crippen LogP) is 4.70. The van der Waals surface area contributed by atoms with Crippen molar-refractivity contribution >= 4 is 45.6 Å². The molecule has 0 saturated heterocycles. The van der Waals surface area contributed by atoms with E-state index in [2.05, 4.69) is 16.8 Å². The monoisotopic (exact) mass is 525 g/mol. The lowest BCUT2D eigenvalue weighted by Crippen LogP contribution is -2.45. The number of rotatable bonds is 9. The molecule has 1 atom stereocenters. The molecule has 0 radical (unpaired) electrons. The van der Waals surface area contributed by atoms with Crippen LogP contribution in [0.15, 0.2) is 58.9 Å². The van der Waals surface area contributed by atoms with E-state index in [1.54, 1.807) is 28.1 Å². The van der Waals surface area contributed by atoms with Crippen molar-refractivity contribution in [1.82, 2.24) is 15.0 Å². The average Bonchev–Trinajstić information content (AvgIpc) is 3.53. The van der Waals surface area contributed by atoms with Gasteiger partial charge in [-0.1, -0.05) is 18.1 Å². The summed E-state index contributed by atoms with van der Waals surface area (Å²) in [5.41, 5.74) is 4.36. The maximum Gasteiger partial charge on any atom is 0.345 e. The Morgan fingerprint density at radius 2 is 2.06 bits per heavy atom. The van der Waals surface area contributed by atoms with Crippen molar-refractivity contribution in [2.24, 2.45) is 0 Å². The fourth-order valence-corrected chi connectivity index (χ4v) is 5.46. The summed E-state index contributed by atoms with van der Waals surface area (Å²) in [6.07, 6.45) is 2.79. The maximum absolute atomic E-state index is 12.5. The molecule has 0 fully saturated rings. The minimum atomic E-state index is -0.943. The molecule has 10 heteroatoms. The van der Waals surface area contributed by atoms with Crippen LogP contribution in [0, 0.1) is 11.8 Å². The molecular formula is C25H23N3O4S3. The van der Waals surface area contributed by atoms with Crippen molar-refractivity contribution in [3.63, 3.8) is 0 Å². The number of aromatic carboxylic acids is 1. The molecule has 3 heterocycles. The van der Waals surface area contributed by atoms with Gasteiger partial charge in [0, 0.05) is 41.5 Å². The number of aromatic nitrogens is 1. The van der Waals surface area contributed by atoms with E-state index in [1.807, 2.05) is 40.9 Å². The zero-order chi connectivity index (χ0) is 24.6. The highest BCUT2D eigenvalue weighted by molar-refractivity contribution is 8.16. The number of thiophene rings is 1. The van der Waals surface area contributed by atoms with Crippen LogP contribution in [0.4, 0.5) is 4.79 Å². The normalized spacial score (nSPS) is 14.0. The van der Waals surface area contributed by atoms with Crippen molar-refractivity contribution in [3.05, 3.63) is 85.5 Å². The summed E-state index contributed by atoms with van der Waals surface area (Å²) >= 11 is 3.84. The number of carbonyl (C=O) groups is 2. The first kappa shape index (κ1) is 25.0. The van der Waals surface area contributed by atoms with Crippen LogP contribution in [0.25, 0.3) is 0 Å². The highest BCUT2D eigenvalue weighted by Crippen LogP contribution is 2.23. The van der Waals surface area contributed by atoms with Crippen molar-refractivity contribution in [2.75, 3.05) is 13.1 Å². The largest absolute Gasteiger partial charge is 0.477 e. The van der Waals surface area contributed by atoms with Gasteiger partial charge >= 0.3 is 11.2 Å². The molecule has 1 aliphatic heterocycles. The molecule has 0 spiro atoms. The molecular weight excluding hydrogens is 502 g/mol. The molecule has 3 aromatic rings. The van der Waals surface area contributed by atoms with E-state index < -0.39 is 12.1 Å². The van der Waals surface area contributed by atoms with E-state index in [0.717, 1.165) is 33.5 Å². The summed E-state index contributed by atoms with van der Waals surface area (Å²) in [5, 5.41) is 26.8. The second kappa shape index (κ2) is 12.0. The molecule has 35 heavy (non-hydrogen) atoms. The number of aliphatic hydroxyl groups excluding tert-OH is 1. The Hall–Kier alpha value is -3.10. The predicted molar refractivity (Wildman–Crippen MR) is 139 cm³/mol. The standard InChI is InChI=1S/C25H23N3O4S3/c29-21(15-19-3-1-2-18(14-19)4-5-20-16-33-17-26-20)8-10-27-12-13-34-25(32)28(27)11-9-22-6-7-23(35-22)24(30)31/h1-3,6-7,12-14,16-17,21,29H,8-11,15H2,(H,30,31). The number of nitrogens with zero attached hydrogens (tertiary/aromatic N) is 3. The van der Waals surface area contributed by atoms with E-state index in [9.17, 15) is 14.7 Å². The van der Waals surface area contributed by atoms with E-state index in [-0.39, 0.29) is 10.1 Å². The molecule has 0 saturated carbocycles. The number of thioether (sulfide) groups is 1. The van der Waals surface area contributed by atoms with E-state index in [1.165, 1.54) is 22.7 Å². The molecule has 1 aliphatic rings. The summed E-state index contributed by atoms with van der Waals surface area (Å²) in [6.45, 7) is 0.920. The SMILES string of the molecule is O=C(O)c1ccc(CCN2C(=O)SC=CN2CCC(O)Cc2cccc(C#Cc3cscn3)c2)s1. The Morgan fingerprint density at radius 3 is 2.83 bits per heavy atom. The number of hydrogen-bond donors (Lipinski definition) is 2.